The minimum Gasteiger partial charge on any atom is -0.347 e. The van der Waals surface area contributed by atoms with E-state index in [1.54, 1.807) is 23.7 Å². The van der Waals surface area contributed by atoms with Crippen molar-refractivity contribution in [3.63, 3.8) is 0 Å². The standard InChI is InChI=1S/C16H17Cl2N5O2S/c1-22-13(20-21-16(22)26)8-19-14(24)12-3-2-6-23(12)15(25)10-7-9(17)4-5-11(10)18/h4-5,7,12H,2-3,6,8H2,1H3,(H,19,24)(H,21,26). The van der Waals surface area contributed by atoms with Gasteiger partial charge in [-0.2, -0.15) is 5.10 Å². The summed E-state index contributed by atoms with van der Waals surface area (Å²) in [5.41, 5.74) is 0.299. The summed E-state index contributed by atoms with van der Waals surface area (Å²) in [7, 11) is 1.76. The number of benzene rings is 1. The summed E-state index contributed by atoms with van der Waals surface area (Å²) in [4.78, 5) is 27.0. The summed E-state index contributed by atoms with van der Waals surface area (Å²) >= 11 is 17.1. The SMILES string of the molecule is Cn1c(CNC(=O)C2CCCN2C(=O)c2cc(Cl)ccc2Cl)n[nH]c1=S. The van der Waals surface area contributed by atoms with Gasteiger partial charge in [0.15, 0.2) is 10.6 Å². The summed E-state index contributed by atoms with van der Waals surface area (Å²) in [5.74, 6) is 0.0772. The van der Waals surface area contributed by atoms with Crippen LogP contribution in [0.15, 0.2) is 18.2 Å². The third-order valence-electron chi connectivity index (χ3n) is 4.37. The normalized spacial score (nSPS) is 16.7. The molecule has 0 bridgehead atoms. The van der Waals surface area contributed by atoms with Crippen LogP contribution in [0, 0.1) is 4.77 Å². The molecule has 1 fully saturated rings. The van der Waals surface area contributed by atoms with Crippen LogP contribution in [0.3, 0.4) is 0 Å². The second-order valence-corrected chi connectivity index (χ2v) is 7.23. The zero-order valence-corrected chi connectivity index (χ0v) is 16.3. The minimum atomic E-state index is -0.551. The summed E-state index contributed by atoms with van der Waals surface area (Å²) in [5, 5.41) is 10.3. The third kappa shape index (κ3) is 3.77. The van der Waals surface area contributed by atoms with Crippen LogP contribution in [-0.2, 0) is 18.4 Å². The highest BCUT2D eigenvalue weighted by Gasteiger charge is 2.35. The molecule has 0 aliphatic carbocycles. The first kappa shape index (κ1) is 18.9. The number of likely N-dealkylation sites (tertiary alicyclic amines) is 1. The van der Waals surface area contributed by atoms with Crippen molar-refractivity contribution >= 4 is 47.2 Å². The van der Waals surface area contributed by atoms with Crippen molar-refractivity contribution in [2.45, 2.75) is 25.4 Å². The van der Waals surface area contributed by atoms with Gasteiger partial charge in [0.25, 0.3) is 5.91 Å². The molecule has 3 rings (SSSR count). The van der Waals surface area contributed by atoms with Crippen LogP contribution in [0.4, 0.5) is 0 Å². The minimum absolute atomic E-state index is 0.221. The molecular weight excluding hydrogens is 397 g/mol. The van der Waals surface area contributed by atoms with Gasteiger partial charge in [-0.25, -0.2) is 0 Å². The number of amides is 2. The van der Waals surface area contributed by atoms with Crippen molar-refractivity contribution in [3.05, 3.63) is 44.4 Å². The molecule has 7 nitrogen and oxygen atoms in total. The Hall–Kier alpha value is -1.90. The van der Waals surface area contributed by atoms with Crippen LogP contribution in [-0.4, -0.2) is 44.1 Å². The topological polar surface area (TPSA) is 83.0 Å². The van der Waals surface area contributed by atoms with Gasteiger partial charge in [0.05, 0.1) is 17.1 Å². The summed E-state index contributed by atoms with van der Waals surface area (Å²) in [6.45, 7) is 0.713. The maximum Gasteiger partial charge on any atom is 0.256 e. The Kier molecular flexibility index (Phi) is 5.64. The quantitative estimate of drug-likeness (QED) is 0.754. The van der Waals surface area contributed by atoms with E-state index in [0.29, 0.717) is 39.2 Å². The lowest BCUT2D eigenvalue weighted by molar-refractivity contribution is -0.125. The summed E-state index contributed by atoms with van der Waals surface area (Å²) in [6.07, 6.45) is 1.34. The van der Waals surface area contributed by atoms with Crippen LogP contribution in [0.1, 0.15) is 29.0 Å². The molecule has 0 radical (unpaired) electrons. The molecule has 0 saturated carbocycles. The second kappa shape index (κ2) is 7.77. The number of hydrogen-bond donors (Lipinski definition) is 2. The van der Waals surface area contributed by atoms with E-state index >= 15 is 0 Å². The van der Waals surface area contributed by atoms with Crippen LogP contribution in [0.2, 0.25) is 10.0 Å². The number of rotatable bonds is 4. The number of H-pyrrole nitrogens is 1. The molecule has 1 saturated heterocycles. The largest absolute Gasteiger partial charge is 0.347 e. The molecule has 2 heterocycles. The van der Waals surface area contributed by atoms with Crippen molar-refractivity contribution < 1.29 is 9.59 Å². The fourth-order valence-corrected chi connectivity index (χ4v) is 3.44. The fourth-order valence-electron chi connectivity index (χ4n) is 2.92. The number of aromatic amines is 1. The number of carbonyl (C=O) groups excluding carboxylic acids is 2. The van der Waals surface area contributed by atoms with Crippen molar-refractivity contribution in [2.75, 3.05) is 6.54 Å². The molecule has 0 spiro atoms. The molecule has 1 aliphatic heterocycles. The van der Waals surface area contributed by atoms with Crippen molar-refractivity contribution in [1.82, 2.24) is 25.0 Å². The van der Waals surface area contributed by atoms with Gasteiger partial charge in [0.1, 0.15) is 6.04 Å². The summed E-state index contributed by atoms with van der Waals surface area (Å²) in [6, 6.07) is 4.16. The van der Waals surface area contributed by atoms with Gasteiger partial charge >= 0.3 is 0 Å². The smallest absolute Gasteiger partial charge is 0.256 e. The highest BCUT2D eigenvalue weighted by molar-refractivity contribution is 7.71. The predicted octanol–water partition coefficient (Wildman–Crippen LogP) is 2.71. The fraction of sp³-hybridized carbons (Fsp3) is 0.375. The molecule has 1 aromatic carbocycles. The Balaban J connectivity index is 1.72. The van der Waals surface area contributed by atoms with E-state index in [1.807, 2.05) is 0 Å². The van der Waals surface area contributed by atoms with Crippen LogP contribution in [0.25, 0.3) is 0 Å². The maximum absolute atomic E-state index is 12.8. The zero-order valence-electron chi connectivity index (χ0n) is 14.0. The third-order valence-corrected chi connectivity index (χ3v) is 5.30. The Morgan fingerprint density at radius 2 is 2.19 bits per heavy atom. The molecule has 1 aromatic heterocycles. The molecule has 2 aromatic rings. The Morgan fingerprint density at radius 3 is 2.88 bits per heavy atom. The van der Waals surface area contributed by atoms with E-state index < -0.39 is 6.04 Å². The first-order chi connectivity index (χ1) is 12.4. The number of halogens is 2. The first-order valence-corrected chi connectivity index (χ1v) is 9.19. The van der Waals surface area contributed by atoms with Gasteiger partial charge in [-0.3, -0.25) is 14.7 Å². The van der Waals surface area contributed by atoms with E-state index in [4.69, 9.17) is 35.4 Å². The lowest BCUT2D eigenvalue weighted by atomic mass is 10.1. The Bertz CT molecular complexity index is 910. The predicted molar refractivity (Wildman–Crippen MR) is 101 cm³/mol. The van der Waals surface area contributed by atoms with Gasteiger partial charge in [-0.05, 0) is 43.3 Å². The number of nitrogens with zero attached hydrogens (tertiary/aromatic N) is 3. The average molecular weight is 414 g/mol. The van der Waals surface area contributed by atoms with Crippen LogP contribution < -0.4 is 5.32 Å². The molecule has 1 aliphatic rings. The van der Waals surface area contributed by atoms with Crippen molar-refractivity contribution in [2.24, 2.45) is 7.05 Å². The number of hydrogen-bond acceptors (Lipinski definition) is 4. The molecule has 138 valence electrons. The van der Waals surface area contributed by atoms with Gasteiger partial charge in [-0.15, -0.1) is 0 Å². The summed E-state index contributed by atoms with van der Waals surface area (Å²) < 4.78 is 2.15. The highest BCUT2D eigenvalue weighted by Crippen LogP contribution is 2.26. The Labute approximate surface area is 165 Å². The van der Waals surface area contributed by atoms with Gasteiger partial charge in [-0.1, -0.05) is 23.2 Å². The van der Waals surface area contributed by atoms with Crippen molar-refractivity contribution in [3.8, 4) is 0 Å². The van der Waals surface area contributed by atoms with Crippen LogP contribution in [0.5, 0.6) is 0 Å². The molecule has 1 unspecified atom stereocenters. The van der Waals surface area contributed by atoms with E-state index in [9.17, 15) is 9.59 Å². The molecule has 1 atom stereocenters. The highest BCUT2D eigenvalue weighted by atomic mass is 35.5. The molecular formula is C16H17Cl2N5O2S. The molecule has 10 heteroatoms. The van der Waals surface area contributed by atoms with E-state index in [-0.39, 0.29) is 18.4 Å². The first-order valence-electron chi connectivity index (χ1n) is 8.02. The number of nitrogens with one attached hydrogen (secondary N) is 2. The van der Waals surface area contributed by atoms with Crippen molar-refractivity contribution in [1.29, 1.82) is 0 Å². The monoisotopic (exact) mass is 413 g/mol. The molecule has 2 amide bonds. The van der Waals surface area contributed by atoms with Gasteiger partial charge < -0.3 is 14.8 Å². The zero-order chi connectivity index (χ0) is 18.8. The Morgan fingerprint density at radius 1 is 1.42 bits per heavy atom. The van der Waals surface area contributed by atoms with Crippen LogP contribution >= 0.6 is 35.4 Å². The van der Waals surface area contributed by atoms with E-state index in [2.05, 4.69) is 15.5 Å². The number of carbonyl (C=O) groups is 2. The lowest BCUT2D eigenvalue weighted by Gasteiger charge is -2.24. The van der Waals surface area contributed by atoms with E-state index in [1.165, 1.54) is 11.0 Å². The van der Waals surface area contributed by atoms with E-state index in [0.717, 1.165) is 6.42 Å². The maximum atomic E-state index is 12.8. The second-order valence-electron chi connectivity index (χ2n) is 6.00. The average Bonchev–Trinajstić information content (AvgIpc) is 3.23. The lowest BCUT2D eigenvalue weighted by Crippen LogP contribution is -2.46. The number of aromatic nitrogens is 3. The van der Waals surface area contributed by atoms with Gasteiger partial charge in [0, 0.05) is 18.6 Å². The molecule has 26 heavy (non-hydrogen) atoms. The van der Waals surface area contributed by atoms with Gasteiger partial charge in [0.2, 0.25) is 5.91 Å². The molecule has 2 N–H and O–H groups in total.